The average molecular weight is 360 g/mol. The molecule has 0 aliphatic carbocycles. The Morgan fingerprint density at radius 2 is 1.69 bits per heavy atom. The molecule has 26 heavy (non-hydrogen) atoms. The fraction of sp³-hybridized carbons (Fsp3) is 0.0476. The van der Waals surface area contributed by atoms with Crippen LogP contribution >= 0.6 is 11.3 Å². The number of ether oxygens (including phenoxy) is 1. The summed E-state index contributed by atoms with van der Waals surface area (Å²) in [6, 6.07) is 18.5. The van der Waals surface area contributed by atoms with E-state index in [0.717, 1.165) is 15.8 Å². The Kier molecular flexibility index (Phi) is 3.30. The van der Waals surface area contributed by atoms with E-state index in [-0.39, 0.29) is 0 Å². The lowest BCUT2D eigenvalue weighted by Crippen LogP contribution is -2.15. The van der Waals surface area contributed by atoms with Gasteiger partial charge in [-0.1, -0.05) is 42.5 Å². The summed E-state index contributed by atoms with van der Waals surface area (Å²) in [6.07, 6.45) is -0.767. The highest BCUT2D eigenvalue weighted by molar-refractivity contribution is 7.13. The van der Waals surface area contributed by atoms with Gasteiger partial charge < -0.3 is 9.15 Å². The van der Waals surface area contributed by atoms with Crippen LogP contribution in [0.15, 0.2) is 75.3 Å². The van der Waals surface area contributed by atoms with Crippen molar-refractivity contribution in [2.75, 3.05) is 0 Å². The van der Waals surface area contributed by atoms with Crippen molar-refractivity contribution in [2.45, 2.75) is 6.10 Å². The highest BCUT2D eigenvalue weighted by Crippen LogP contribution is 2.42. The van der Waals surface area contributed by atoms with E-state index in [4.69, 9.17) is 9.15 Å². The summed E-state index contributed by atoms with van der Waals surface area (Å²) in [6.45, 7) is 0. The Morgan fingerprint density at radius 3 is 2.54 bits per heavy atom. The van der Waals surface area contributed by atoms with Crippen molar-refractivity contribution in [3.8, 4) is 10.4 Å². The largest absolute Gasteiger partial charge is 0.449 e. The minimum Gasteiger partial charge on any atom is -0.449 e. The molecule has 0 spiro atoms. The van der Waals surface area contributed by atoms with Crippen LogP contribution in [0.2, 0.25) is 0 Å². The summed E-state index contributed by atoms with van der Waals surface area (Å²) in [5.41, 5.74) is 2.34. The molecule has 0 radical (unpaired) electrons. The number of carbonyl (C=O) groups excluding carboxylic acids is 1. The molecule has 5 heteroatoms. The summed E-state index contributed by atoms with van der Waals surface area (Å²) in [5, 5.41) is 2.78. The van der Waals surface area contributed by atoms with Crippen LogP contribution in [0.25, 0.3) is 21.4 Å². The first-order valence-corrected chi connectivity index (χ1v) is 9.01. The van der Waals surface area contributed by atoms with Gasteiger partial charge in [0, 0.05) is 21.4 Å². The van der Waals surface area contributed by atoms with Crippen molar-refractivity contribution in [1.82, 2.24) is 0 Å². The molecule has 1 unspecified atom stereocenters. The SMILES string of the molecule is O=C1OC(c2c(-c3cccs3)c3ccccc3oc2=O)c2ccccc21. The molecular weight excluding hydrogens is 348 g/mol. The highest BCUT2D eigenvalue weighted by atomic mass is 32.1. The summed E-state index contributed by atoms with van der Waals surface area (Å²) in [4.78, 5) is 26.1. The Balaban J connectivity index is 1.87. The lowest BCUT2D eigenvalue weighted by molar-refractivity contribution is 0.0452. The number of carbonyl (C=O) groups is 1. The maximum atomic E-state index is 12.9. The second-order valence-corrected chi connectivity index (χ2v) is 6.97. The standard InChI is InChI=1S/C21H12O4S/c22-20-13-7-2-1-6-12(13)19(25-20)18-17(16-10-5-11-26-16)14-8-3-4-9-15(14)24-21(18)23/h1-11,19H. The Bertz CT molecular complexity index is 1200. The van der Waals surface area contributed by atoms with E-state index in [2.05, 4.69) is 0 Å². The summed E-state index contributed by atoms with van der Waals surface area (Å²) in [5.74, 6) is -0.421. The van der Waals surface area contributed by atoms with Crippen molar-refractivity contribution in [1.29, 1.82) is 0 Å². The van der Waals surface area contributed by atoms with Gasteiger partial charge in [0.1, 0.15) is 5.58 Å². The molecule has 1 aliphatic rings. The van der Waals surface area contributed by atoms with Crippen LogP contribution < -0.4 is 5.63 Å². The first-order chi connectivity index (χ1) is 12.7. The van der Waals surface area contributed by atoms with Gasteiger partial charge in [-0.05, 0) is 23.6 Å². The molecule has 0 saturated carbocycles. The monoisotopic (exact) mass is 360 g/mol. The maximum absolute atomic E-state index is 12.9. The lowest BCUT2D eigenvalue weighted by atomic mass is 9.94. The minimum absolute atomic E-state index is 0.365. The van der Waals surface area contributed by atoms with Crippen LogP contribution in [-0.2, 0) is 4.74 Å². The summed E-state index contributed by atoms with van der Waals surface area (Å²) >= 11 is 1.53. The molecule has 0 bridgehead atoms. The lowest BCUT2D eigenvalue weighted by Gasteiger charge is -2.15. The number of thiophene rings is 1. The molecule has 1 atom stereocenters. The smallest absolute Gasteiger partial charge is 0.344 e. The number of hydrogen-bond donors (Lipinski definition) is 0. The first-order valence-electron chi connectivity index (χ1n) is 8.13. The molecule has 1 aliphatic heterocycles. The molecule has 2 aromatic carbocycles. The van der Waals surface area contributed by atoms with Gasteiger partial charge in [-0.25, -0.2) is 9.59 Å². The molecule has 0 amide bonds. The van der Waals surface area contributed by atoms with Crippen LogP contribution in [0.3, 0.4) is 0 Å². The molecule has 0 saturated heterocycles. The predicted octanol–water partition coefficient (Wildman–Crippen LogP) is 4.78. The fourth-order valence-corrected chi connectivity index (χ4v) is 4.25. The Hall–Kier alpha value is -3.18. The van der Waals surface area contributed by atoms with Gasteiger partial charge in [0.15, 0.2) is 6.10 Å². The zero-order valence-electron chi connectivity index (χ0n) is 13.5. The van der Waals surface area contributed by atoms with Crippen LogP contribution in [0.4, 0.5) is 0 Å². The van der Waals surface area contributed by atoms with Crippen LogP contribution in [-0.4, -0.2) is 5.97 Å². The predicted molar refractivity (Wildman–Crippen MR) is 99.5 cm³/mol. The number of rotatable bonds is 2. The highest BCUT2D eigenvalue weighted by Gasteiger charge is 2.36. The first kappa shape index (κ1) is 15.1. The zero-order valence-corrected chi connectivity index (χ0v) is 14.3. The molecule has 126 valence electrons. The number of benzene rings is 2. The van der Waals surface area contributed by atoms with Crippen molar-refractivity contribution in [3.63, 3.8) is 0 Å². The van der Waals surface area contributed by atoms with Crippen LogP contribution in [0.5, 0.6) is 0 Å². The van der Waals surface area contributed by atoms with E-state index < -0.39 is 17.7 Å². The normalized spacial score (nSPS) is 15.8. The van der Waals surface area contributed by atoms with Crippen LogP contribution in [0, 0.1) is 0 Å². The van der Waals surface area contributed by atoms with E-state index in [9.17, 15) is 9.59 Å². The van der Waals surface area contributed by atoms with Gasteiger partial charge in [0.25, 0.3) is 0 Å². The Labute approximate surface area is 152 Å². The molecule has 0 fully saturated rings. The van der Waals surface area contributed by atoms with Gasteiger partial charge >= 0.3 is 11.6 Å². The van der Waals surface area contributed by atoms with Crippen LogP contribution in [0.1, 0.15) is 27.6 Å². The van der Waals surface area contributed by atoms with E-state index >= 15 is 0 Å². The van der Waals surface area contributed by atoms with Gasteiger partial charge in [0.05, 0.1) is 11.1 Å². The zero-order chi connectivity index (χ0) is 17.7. The number of fused-ring (bicyclic) bond motifs is 2. The van der Waals surface area contributed by atoms with Crippen molar-refractivity contribution < 1.29 is 13.9 Å². The molecule has 2 aromatic heterocycles. The minimum atomic E-state index is -0.767. The number of para-hydroxylation sites is 1. The van der Waals surface area contributed by atoms with Crippen molar-refractivity contribution in [3.05, 3.63) is 93.2 Å². The van der Waals surface area contributed by atoms with Crippen molar-refractivity contribution >= 4 is 28.3 Å². The molecule has 0 N–H and O–H groups in total. The topological polar surface area (TPSA) is 56.5 Å². The number of cyclic esters (lactones) is 1. The molecule has 4 nitrogen and oxygen atoms in total. The second kappa shape index (κ2) is 5.68. The molecule has 4 aromatic rings. The number of esters is 1. The fourth-order valence-electron chi connectivity index (χ4n) is 3.45. The third-order valence-corrected chi connectivity index (χ3v) is 5.45. The van der Waals surface area contributed by atoms with Gasteiger partial charge in [-0.3, -0.25) is 0 Å². The van der Waals surface area contributed by atoms with E-state index in [1.165, 1.54) is 11.3 Å². The average Bonchev–Trinajstić information content (AvgIpc) is 3.29. The summed E-state index contributed by atoms with van der Waals surface area (Å²) in [7, 11) is 0. The second-order valence-electron chi connectivity index (χ2n) is 6.02. The van der Waals surface area contributed by atoms with E-state index in [1.807, 2.05) is 47.8 Å². The Morgan fingerprint density at radius 1 is 0.885 bits per heavy atom. The third kappa shape index (κ3) is 2.14. The van der Waals surface area contributed by atoms with Gasteiger partial charge in [0.2, 0.25) is 0 Å². The van der Waals surface area contributed by atoms with Gasteiger partial charge in [-0.2, -0.15) is 0 Å². The molecule has 3 heterocycles. The third-order valence-electron chi connectivity index (χ3n) is 4.57. The summed E-state index contributed by atoms with van der Waals surface area (Å²) < 4.78 is 11.1. The van der Waals surface area contributed by atoms with E-state index in [1.54, 1.807) is 18.2 Å². The number of hydrogen-bond acceptors (Lipinski definition) is 5. The molecule has 5 rings (SSSR count). The van der Waals surface area contributed by atoms with E-state index in [0.29, 0.717) is 22.3 Å². The maximum Gasteiger partial charge on any atom is 0.344 e. The van der Waals surface area contributed by atoms with Gasteiger partial charge in [-0.15, -0.1) is 11.3 Å². The van der Waals surface area contributed by atoms with Crippen molar-refractivity contribution in [2.24, 2.45) is 0 Å². The quantitative estimate of drug-likeness (QED) is 0.381. The molecular formula is C21H12O4S.